The van der Waals surface area contributed by atoms with Crippen LogP contribution in [-0.2, 0) is 19.1 Å². The summed E-state index contributed by atoms with van der Waals surface area (Å²) in [6, 6.07) is -0.705. The molecular formula is C25H48N2O5. The Hall–Kier alpha value is -1.63. The van der Waals surface area contributed by atoms with E-state index in [0.29, 0.717) is 0 Å². The first-order chi connectivity index (χ1) is 14.9. The molecule has 0 aliphatic rings. The molecule has 0 aliphatic heterocycles. The molecule has 5 atom stereocenters. The van der Waals surface area contributed by atoms with Crippen LogP contribution in [0.15, 0.2) is 0 Å². The lowest BCUT2D eigenvalue weighted by Gasteiger charge is -2.40. The van der Waals surface area contributed by atoms with Crippen LogP contribution < -0.4 is 0 Å². The maximum absolute atomic E-state index is 13.6. The Bertz CT molecular complexity index is 589. The van der Waals surface area contributed by atoms with Crippen molar-refractivity contribution in [1.82, 2.24) is 9.80 Å². The SMILES string of the molecule is CCOC(=O)N(C)[C@H](C(=O)C[C@H](C(=O)N(C)[C@@H]([C@@H](C)CC)[C@@H](CC)OC)C(C)C)C(C)C. The van der Waals surface area contributed by atoms with Crippen molar-refractivity contribution in [3.05, 3.63) is 0 Å². The van der Waals surface area contributed by atoms with Gasteiger partial charge in [-0.3, -0.25) is 9.59 Å². The molecule has 0 N–H and O–H groups in total. The van der Waals surface area contributed by atoms with Crippen LogP contribution in [0.2, 0.25) is 0 Å². The van der Waals surface area contributed by atoms with E-state index in [4.69, 9.17) is 9.47 Å². The Morgan fingerprint density at radius 1 is 0.844 bits per heavy atom. The van der Waals surface area contributed by atoms with Crippen molar-refractivity contribution in [2.45, 2.75) is 92.8 Å². The summed E-state index contributed by atoms with van der Waals surface area (Å²) in [4.78, 5) is 42.4. The molecule has 7 heteroatoms. The van der Waals surface area contributed by atoms with Crippen molar-refractivity contribution < 1.29 is 23.9 Å². The van der Waals surface area contributed by atoms with Crippen LogP contribution in [-0.4, -0.2) is 73.6 Å². The van der Waals surface area contributed by atoms with E-state index >= 15 is 0 Å². The van der Waals surface area contributed by atoms with E-state index in [1.54, 1.807) is 26.0 Å². The van der Waals surface area contributed by atoms with Gasteiger partial charge in [-0.15, -0.1) is 0 Å². The molecule has 0 saturated heterocycles. The molecule has 0 aromatic carbocycles. The number of Topliss-reactive ketones (excluding diaryl/α,β-unsaturated/α-hetero) is 1. The summed E-state index contributed by atoms with van der Waals surface area (Å²) in [7, 11) is 5.09. The molecule has 0 fully saturated rings. The second-order valence-electron chi connectivity index (χ2n) is 9.53. The number of rotatable bonds is 14. The molecule has 0 spiro atoms. The molecule has 0 aliphatic carbocycles. The average Bonchev–Trinajstić information content (AvgIpc) is 2.73. The zero-order valence-electron chi connectivity index (χ0n) is 22.3. The topological polar surface area (TPSA) is 76.2 Å². The van der Waals surface area contributed by atoms with Crippen molar-refractivity contribution in [2.24, 2.45) is 23.7 Å². The van der Waals surface area contributed by atoms with Gasteiger partial charge in [-0.1, -0.05) is 54.9 Å². The van der Waals surface area contributed by atoms with Crippen molar-refractivity contribution in [3.8, 4) is 0 Å². The van der Waals surface area contributed by atoms with Crippen molar-refractivity contribution in [1.29, 1.82) is 0 Å². The Morgan fingerprint density at radius 2 is 1.41 bits per heavy atom. The fourth-order valence-electron chi connectivity index (χ4n) is 4.51. The second-order valence-corrected chi connectivity index (χ2v) is 9.53. The predicted octanol–water partition coefficient (Wildman–Crippen LogP) is 4.63. The fraction of sp³-hybridized carbons (Fsp3) is 0.880. The lowest BCUT2D eigenvalue weighted by Crippen LogP contribution is -2.52. The highest BCUT2D eigenvalue weighted by Gasteiger charge is 2.38. The molecule has 0 radical (unpaired) electrons. The molecule has 0 saturated carbocycles. The van der Waals surface area contributed by atoms with Crippen LogP contribution in [0.4, 0.5) is 4.79 Å². The number of ketones is 1. The Morgan fingerprint density at radius 3 is 1.78 bits per heavy atom. The molecule has 0 rings (SSSR count). The average molecular weight is 457 g/mol. The summed E-state index contributed by atoms with van der Waals surface area (Å²) in [5, 5.41) is 0. The third-order valence-electron chi connectivity index (χ3n) is 6.59. The first-order valence-corrected chi connectivity index (χ1v) is 12.1. The molecule has 2 amide bonds. The maximum atomic E-state index is 13.6. The highest BCUT2D eigenvalue weighted by molar-refractivity contribution is 5.92. The largest absolute Gasteiger partial charge is 0.450 e. The molecule has 0 unspecified atom stereocenters. The van der Waals surface area contributed by atoms with Crippen LogP contribution in [0.25, 0.3) is 0 Å². The van der Waals surface area contributed by atoms with Crippen molar-refractivity contribution in [3.63, 3.8) is 0 Å². The van der Waals surface area contributed by atoms with Gasteiger partial charge in [0.25, 0.3) is 0 Å². The molecule has 0 aromatic rings. The van der Waals surface area contributed by atoms with Crippen LogP contribution in [0, 0.1) is 23.7 Å². The maximum Gasteiger partial charge on any atom is 0.410 e. The third-order valence-corrected chi connectivity index (χ3v) is 6.59. The molecular weight excluding hydrogens is 408 g/mol. The summed E-state index contributed by atoms with van der Waals surface area (Å²) in [6.45, 7) is 16.0. The molecule has 0 aromatic heterocycles. The van der Waals surface area contributed by atoms with Gasteiger partial charge in [0, 0.05) is 33.5 Å². The number of carbonyl (C=O) groups excluding carboxylic acids is 3. The monoisotopic (exact) mass is 456 g/mol. The van der Waals surface area contributed by atoms with E-state index in [2.05, 4.69) is 20.8 Å². The van der Waals surface area contributed by atoms with Crippen LogP contribution in [0.1, 0.15) is 74.7 Å². The van der Waals surface area contributed by atoms with Gasteiger partial charge in [0.15, 0.2) is 5.78 Å². The minimum atomic E-state index is -0.638. The van der Waals surface area contributed by atoms with E-state index in [0.717, 1.165) is 12.8 Å². The van der Waals surface area contributed by atoms with Gasteiger partial charge in [-0.05, 0) is 31.1 Å². The standard InChI is InChI=1S/C25H48N2O5/c1-12-18(8)23(21(13-2)31-11)26(9)24(29)19(16(4)5)15-20(28)22(17(6)7)27(10)25(30)32-14-3/h16-19,21-23H,12-15H2,1-11H3/t18-,19-,21+,22-,23-/m0/s1. The van der Waals surface area contributed by atoms with Gasteiger partial charge in [0.05, 0.1) is 24.8 Å². The summed E-state index contributed by atoms with van der Waals surface area (Å²) in [6.07, 6.45) is 1.22. The Balaban J connectivity index is 5.82. The van der Waals surface area contributed by atoms with Crippen LogP contribution >= 0.6 is 0 Å². The highest BCUT2D eigenvalue weighted by atomic mass is 16.6. The number of amides is 2. The molecule has 7 nitrogen and oxygen atoms in total. The van der Waals surface area contributed by atoms with E-state index in [1.165, 1.54) is 4.90 Å². The fourth-order valence-corrected chi connectivity index (χ4v) is 4.51. The lowest BCUT2D eigenvalue weighted by atomic mass is 9.83. The van der Waals surface area contributed by atoms with Crippen LogP contribution in [0.3, 0.4) is 0 Å². The van der Waals surface area contributed by atoms with E-state index in [1.807, 2.05) is 34.7 Å². The van der Waals surface area contributed by atoms with E-state index in [-0.39, 0.29) is 54.6 Å². The predicted molar refractivity (Wildman–Crippen MR) is 128 cm³/mol. The van der Waals surface area contributed by atoms with E-state index in [9.17, 15) is 14.4 Å². The Labute approximate surface area is 196 Å². The number of hydrogen-bond donors (Lipinski definition) is 0. The van der Waals surface area contributed by atoms with Gasteiger partial charge >= 0.3 is 6.09 Å². The van der Waals surface area contributed by atoms with E-state index < -0.39 is 18.1 Å². The second kappa shape index (κ2) is 14.5. The van der Waals surface area contributed by atoms with Gasteiger partial charge in [-0.25, -0.2) is 4.79 Å². The summed E-state index contributed by atoms with van der Waals surface area (Å²) in [5.74, 6) is -0.482. The first-order valence-electron chi connectivity index (χ1n) is 12.1. The Kier molecular flexibility index (Phi) is 13.8. The van der Waals surface area contributed by atoms with Gasteiger partial charge in [0.2, 0.25) is 5.91 Å². The minimum absolute atomic E-state index is 0.0187. The zero-order chi connectivity index (χ0) is 25.2. The van der Waals surface area contributed by atoms with Crippen molar-refractivity contribution >= 4 is 17.8 Å². The summed E-state index contributed by atoms with van der Waals surface area (Å²) >= 11 is 0. The summed E-state index contributed by atoms with van der Waals surface area (Å²) < 4.78 is 10.8. The number of ether oxygens (including phenoxy) is 2. The highest BCUT2D eigenvalue weighted by Crippen LogP contribution is 2.27. The minimum Gasteiger partial charge on any atom is -0.450 e. The zero-order valence-corrected chi connectivity index (χ0v) is 22.3. The number of methoxy groups -OCH3 is 1. The van der Waals surface area contributed by atoms with Crippen molar-refractivity contribution in [2.75, 3.05) is 27.8 Å². The number of carbonyl (C=O) groups is 3. The van der Waals surface area contributed by atoms with Gasteiger partial charge in [0.1, 0.15) is 0 Å². The number of likely N-dealkylation sites (N-methyl/N-ethyl adjacent to an activating group) is 2. The van der Waals surface area contributed by atoms with Gasteiger partial charge in [-0.2, -0.15) is 0 Å². The van der Waals surface area contributed by atoms with Crippen LogP contribution in [0.5, 0.6) is 0 Å². The number of nitrogens with zero attached hydrogens (tertiary/aromatic N) is 2. The molecule has 0 heterocycles. The summed E-state index contributed by atoms with van der Waals surface area (Å²) in [5.41, 5.74) is 0. The first kappa shape index (κ1) is 30.4. The number of hydrogen-bond acceptors (Lipinski definition) is 5. The normalized spacial score (nSPS) is 16.3. The quantitative estimate of drug-likeness (QED) is 0.381. The molecule has 0 bridgehead atoms. The third kappa shape index (κ3) is 8.05. The smallest absolute Gasteiger partial charge is 0.410 e. The van der Waals surface area contributed by atoms with Gasteiger partial charge < -0.3 is 19.3 Å². The molecule has 32 heavy (non-hydrogen) atoms. The molecule has 188 valence electrons. The lowest BCUT2D eigenvalue weighted by molar-refractivity contribution is -0.145.